The van der Waals surface area contributed by atoms with E-state index in [9.17, 15) is 0 Å². The third-order valence-corrected chi connectivity index (χ3v) is 3.64. The molecule has 0 radical (unpaired) electrons. The molecule has 4 unspecified atom stereocenters. The summed E-state index contributed by atoms with van der Waals surface area (Å²) in [6.45, 7) is 3.57. The van der Waals surface area contributed by atoms with Crippen molar-refractivity contribution in [3.63, 3.8) is 0 Å². The number of rotatable bonds is 1. The van der Waals surface area contributed by atoms with Crippen LogP contribution in [0.4, 0.5) is 0 Å². The molecule has 3 aliphatic carbocycles. The molecule has 0 spiro atoms. The molecule has 0 amide bonds. The predicted molar refractivity (Wildman–Crippen MR) is 40.8 cm³/mol. The highest BCUT2D eigenvalue weighted by molar-refractivity contribution is 5.39. The first-order chi connectivity index (χ1) is 4.92. The fourth-order valence-electron chi connectivity index (χ4n) is 2.87. The van der Waals surface area contributed by atoms with E-state index in [1.54, 1.807) is 0 Å². The first-order valence-electron chi connectivity index (χ1n) is 4.10. The SMILES string of the molecule is C=NC1=CC2C3CCC3C12. The van der Waals surface area contributed by atoms with Crippen molar-refractivity contribution in [2.45, 2.75) is 12.8 Å². The van der Waals surface area contributed by atoms with Gasteiger partial charge in [-0.1, -0.05) is 6.08 Å². The summed E-state index contributed by atoms with van der Waals surface area (Å²) in [5, 5.41) is 0. The van der Waals surface area contributed by atoms with Gasteiger partial charge in [-0.05, 0) is 37.3 Å². The van der Waals surface area contributed by atoms with Gasteiger partial charge in [-0.3, -0.25) is 4.99 Å². The molecule has 2 saturated carbocycles. The van der Waals surface area contributed by atoms with Crippen molar-refractivity contribution in [2.75, 3.05) is 0 Å². The summed E-state index contributed by atoms with van der Waals surface area (Å²) < 4.78 is 0. The van der Waals surface area contributed by atoms with Gasteiger partial charge in [-0.2, -0.15) is 0 Å². The van der Waals surface area contributed by atoms with Gasteiger partial charge in [0.25, 0.3) is 0 Å². The summed E-state index contributed by atoms with van der Waals surface area (Å²) in [5.41, 5.74) is 1.30. The van der Waals surface area contributed by atoms with Crippen molar-refractivity contribution in [2.24, 2.45) is 28.7 Å². The lowest BCUT2D eigenvalue weighted by Gasteiger charge is -2.63. The topological polar surface area (TPSA) is 12.4 Å². The zero-order valence-electron chi connectivity index (χ0n) is 5.96. The third kappa shape index (κ3) is 0.329. The summed E-state index contributed by atoms with van der Waals surface area (Å²) in [7, 11) is 0. The fraction of sp³-hybridized carbons (Fsp3) is 0.667. The van der Waals surface area contributed by atoms with E-state index in [0.29, 0.717) is 0 Å². The van der Waals surface area contributed by atoms with Crippen LogP contribution in [0, 0.1) is 23.7 Å². The van der Waals surface area contributed by atoms with Crippen molar-refractivity contribution in [1.29, 1.82) is 0 Å². The van der Waals surface area contributed by atoms with Gasteiger partial charge in [-0.15, -0.1) is 0 Å². The molecular formula is C9H11N. The first-order valence-corrected chi connectivity index (χ1v) is 4.10. The summed E-state index contributed by atoms with van der Waals surface area (Å²) in [5.74, 6) is 3.88. The van der Waals surface area contributed by atoms with E-state index in [1.165, 1.54) is 18.5 Å². The summed E-state index contributed by atoms with van der Waals surface area (Å²) in [6.07, 6.45) is 5.25. The Labute approximate surface area is 60.8 Å². The third-order valence-electron chi connectivity index (χ3n) is 3.64. The number of fused-ring (bicyclic) bond motifs is 4. The van der Waals surface area contributed by atoms with E-state index in [1.807, 2.05) is 0 Å². The highest BCUT2D eigenvalue weighted by Gasteiger charge is 2.59. The second-order valence-electron chi connectivity index (χ2n) is 3.76. The number of hydrogen-bond acceptors (Lipinski definition) is 1. The van der Waals surface area contributed by atoms with Gasteiger partial charge in [-0.25, -0.2) is 0 Å². The van der Waals surface area contributed by atoms with Crippen LogP contribution >= 0.6 is 0 Å². The van der Waals surface area contributed by atoms with E-state index in [4.69, 9.17) is 0 Å². The average molecular weight is 133 g/mol. The maximum absolute atomic E-state index is 4.01. The minimum absolute atomic E-state index is 0.858. The lowest BCUT2D eigenvalue weighted by atomic mass is 9.42. The summed E-state index contributed by atoms with van der Waals surface area (Å²) >= 11 is 0. The minimum Gasteiger partial charge on any atom is -0.269 e. The molecule has 0 N–H and O–H groups in total. The molecule has 0 aliphatic heterocycles. The van der Waals surface area contributed by atoms with Gasteiger partial charge in [0, 0.05) is 11.6 Å². The van der Waals surface area contributed by atoms with Crippen LogP contribution in [0.15, 0.2) is 16.8 Å². The Bertz CT molecular complexity index is 229. The molecule has 0 aromatic carbocycles. The highest BCUT2D eigenvalue weighted by atomic mass is 14.8. The Kier molecular flexibility index (Phi) is 0.697. The molecule has 0 bridgehead atoms. The Hall–Kier alpha value is -0.590. The van der Waals surface area contributed by atoms with E-state index >= 15 is 0 Å². The van der Waals surface area contributed by atoms with Crippen LogP contribution in [-0.4, -0.2) is 6.72 Å². The average Bonchev–Trinajstić information content (AvgIpc) is 1.89. The molecule has 0 aromatic rings. The Morgan fingerprint density at radius 3 is 2.70 bits per heavy atom. The van der Waals surface area contributed by atoms with Crippen molar-refractivity contribution in [1.82, 2.24) is 0 Å². The predicted octanol–water partition coefficient (Wildman–Crippen LogP) is 1.86. The summed E-state index contributed by atoms with van der Waals surface area (Å²) in [4.78, 5) is 4.01. The molecule has 0 aromatic heterocycles. The lowest BCUT2D eigenvalue weighted by Crippen LogP contribution is -2.57. The van der Waals surface area contributed by atoms with Gasteiger partial charge in [0.05, 0.1) is 0 Å². The minimum atomic E-state index is 0.858. The maximum atomic E-state index is 4.01. The van der Waals surface area contributed by atoms with Crippen molar-refractivity contribution >= 4 is 6.72 Å². The highest BCUT2D eigenvalue weighted by Crippen LogP contribution is 2.66. The molecule has 1 nitrogen and oxygen atoms in total. The van der Waals surface area contributed by atoms with Crippen molar-refractivity contribution < 1.29 is 0 Å². The molecule has 4 atom stereocenters. The molecule has 2 fully saturated rings. The van der Waals surface area contributed by atoms with Crippen LogP contribution in [-0.2, 0) is 0 Å². The molecule has 3 rings (SSSR count). The monoisotopic (exact) mass is 133 g/mol. The van der Waals surface area contributed by atoms with Gasteiger partial charge in [0.2, 0.25) is 0 Å². The van der Waals surface area contributed by atoms with E-state index in [0.717, 1.165) is 23.7 Å². The maximum Gasteiger partial charge on any atom is 0.0399 e. The number of allylic oxidation sites excluding steroid dienone is 2. The van der Waals surface area contributed by atoms with Crippen molar-refractivity contribution in [3.05, 3.63) is 11.8 Å². The molecule has 3 aliphatic rings. The number of hydrogen-bond donors (Lipinski definition) is 0. The van der Waals surface area contributed by atoms with E-state index in [-0.39, 0.29) is 0 Å². The van der Waals surface area contributed by atoms with Crippen LogP contribution in [0.25, 0.3) is 0 Å². The fourth-order valence-corrected chi connectivity index (χ4v) is 2.87. The molecule has 0 saturated heterocycles. The lowest BCUT2D eigenvalue weighted by molar-refractivity contribution is -0.0773. The van der Waals surface area contributed by atoms with Crippen molar-refractivity contribution in [3.8, 4) is 0 Å². The first kappa shape index (κ1) is 5.11. The number of nitrogens with zero attached hydrogens (tertiary/aromatic N) is 1. The van der Waals surface area contributed by atoms with E-state index in [2.05, 4.69) is 17.8 Å². The van der Waals surface area contributed by atoms with Gasteiger partial charge in [0.15, 0.2) is 0 Å². The van der Waals surface area contributed by atoms with Gasteiger partial charge in [0.1, 0.15) is 0 Å². The molecular weight excluding hydrogens is 122 g/mol. The Morgan fingerprint density at radius 1 is 1.40 bits per heavy atom. The van der Waals surface area contributed by atoms with Crippen LogP contribution in [0.1, 0.15) is 12.8 Å². The van der Waals surface area contributed by atoms with Crippen LogP contribution < -0.4 is 0 Å². The molecule has 0 heterocycles. The summed E-state index contributed by atoms with van der Waals surface area (Å²) in [6, 6.07) is 0. The zero-order chi connectivity index (χ0) is 6.72. The quantitative estimate of drug-likeness (QED) is 0.484. The second-order valence-corrected chi connectivity index (χ2v) is 3.76. The molecule has 52 valence electrons. The Balaban J connectivity index is 1.91. The standard InChI is InChI=1S/C9H11N/c1-10-8-4-7-5-2-3-6(5)9(7)8/h4-7,9H,1-3H2. The smallest absolute Gasteiger partial charge is 0.0399 e. The molecule has 1 heteroatoms. The van der Waals surface area contributed by atoms with E-state index < -0.39 is 0 Å². The Morgan fingerprint density at radius 2 is 2.20 bits per heavy atom. The van der Waals surface area contributed by atoms with Crippen LogP contribution in [0.5, 0.6) is 0 Å². The largest absolute Gasteiger partial charge is 0.269 e. The molecule has 10 heavy (non-hydrogen) atoms. The number of aliphatic imine (C=N–C) groups is 1. The van der Waals surface area contributed by atoms with Gasteiger partial charge < -0.3 is 0 Å². The van der Waals surface area contributed by atoms with Crippen LogP contribution in [0.3, 0.4) is 0 Å². The van der Waals surface area contributed by atoms with Crippen LogP contribution in [0.2, 0.25) is 0 Å². The second kappa shape index (κ2) is 1.36. The normalized spacial score (nSPS) is 54.2. The van der Waals surface area contributed by atoms with Gasteiger partial charge >= 0.3 is 0 Å². The zero-order valence-corrected chi connectivity index (χ0v) is 5.96.